The van der Waals surface area contributed by atoms with Crippen LogP contribution in [0.2, 0.25) is 0 Å². The standard InChI is InChI=1S/C13H19BrN2/c14-11-4-6-13(7-5-11)16-9-10-2-1-3-12(15)8-10/h4-7,10,12,16H,1-3,8-9,15H2. The third-order valence-corrected chi connectivity index (χ3v) is 3.79. The summed E-state index contributed by atoms with van der Waals surface area (Å²) in [6, 6.07) is 8.76. The number of rotatable bonds is 3. The summed E-state index contributed by atoms with van der Waals surface area (Å²) in [5.74, 6) is 0.743. The first-order chi connectivity index (χ1) is 7.74. The van der Waals surface area contributed by atoms with Crippen LogP contribution in [0.15, 0.2) is 28.7 Å². The molecule has 0 saturated heterocycles. The van der Waals surface area contributed by atoms with Crippen molar-refractivity contribution in [3.05, 3.63) is 28.7 Å². The van der Waals surface area contributed by atoms with Crippen LogP contribution in [0.5, 0.6) is 0 Å². The molecule has 1 aromatic carbocycles. The molecule has 0 spiro atoms. The lowest BCUT2D eigenvalue weighted by Crippen LogP contribution is -2.30. The Morgan fingerprint density at radius 2 is 2.00 bits per heavy atom. The summed E-state index contributed by atoms with van der Waals surface area (Å²) in [6.45, 7) is 1.05. The van der Waals surface area contributed by atoms with E-state index in [4.69, 9.17) is 5.73 Å². The Morgan fingerprint density at radius 1 is 1.25 bits per heavy atom. The minimum atomic E-state index is 0.422. The van der Waals surface area contributed by atoms with Crippen LogP contribution < -0.4 is 11.1 Å². The first-order valence-corrected chi connectivity index (χ1v) is 6.78. The summed E-state index contributed by atoms with van der Waals surface area (Å²) >= 11 is 3.44. The predicted octanol–water partition coefficient (Wildman–Crippen LogP) is 3.38. The second kappa shape index (κ2) is 5.69. The van der Waals surface area contributed by atoms with Crippen LogP contribution in [0, 0.1) is 5.92 Å². The van der Waals surface area contributed by atoms with Crippen LogP contribution in [0.1, 0.15) is 25.7 Å². The van der Waals surface area contributed by atoms with Gasteiger partial charge in [-0.05, 0) is 49.4 Å². The van der Waals surface area contributed by atoms with Gasteiger partial charge in [-0.15, -0.1) is 0 Å². The van der Waals surface area contributed by atoms with E-state index >= 15 is 0 Å². The first-order valence-electron chi connectivity index (χ1n) is 5.99. The molecule has 1 fully saturated rings. The van der Waals surface area contributed by atoms with Gasteiger partial charge in [0.2, 0.25) is 0 Å². The fourth-order valence-corrected chi connectivity index (χ4v) is 2.61. The second-order valence-corrected chi connectivity index (χ2v) is 5.60. The number of halogens is 1. The quantitative estimate of drug-likeness (QED) is 0.892. The maximum Gasteiger partial charge on any atom is 0.0341 e. The van der Waals surface area contributed by atoms with E-state index in [1.54, 1.807) is 0 Å². The third kappa shape index (κ3) is 3.49. The Morgan fingerprint density at radius 3 is 2.69 bits per heavy atom. The SMILES string of the molecule is NC1CCCC(CNc2ccc(Br)cc2)C1. The average molecular weight is 283 g/mol. The number of benzene rings is 1. The van der Waals surface area contributed by atoms with Crippen molar-refractivity contribution in [2.45, 2.75) is 31.7 Å². The van der Waals surface area contributed by atoms with E-state index in [-0.39, 0.29) is 0 Å². The molecule has 2 unspecified atom stereocenters. The van der Waals surface area contributed by atoms with Gasteiger partial charge in [0.15, 0.2) is 0 Å². The Labute approximate surface area is 106 Å². The number of hydrogen-bond donors (Lipinski definition) is 2. The lowest BCUT2D eigenvalue weighted by Gasteiger charge is -2.27. The highest BCUT2D eigenvalue weighted by molar-refractivity contribution is 9.10. The van der Waals surface area contributed by atoms with Gasteiger partial charge in [-0.2, -0.15) is 0 Å². The van der Waals surface area contributed by atoms with Crippen LogP contribution >= 0.6 is 15.9 Å². The van der Waals surface area contributed by atoms with Crippen molar-refractivity contribution in [3.63, 3.8) is 0 Å². The van der Waals surface area contributed by atoms with Gasteiger partial charge >= 0.3 is 0 Å². The van der Waals surface area contributed by atoms with Gasteiger partial charge in [0.25, 0.3) is 0 Å². The van der Waals surface area contributed by atoms with Gasteiger partial charge in [-0.25, -0.2) is 0 Å². The summed E-state index contributed by atoms with van der Waals surface area (Å²) < 4.78 is 1.12. The van der Waals surface area contributed by atoms with Crippen LogP contribution in [0.4, 0.5) is 5.69 Å². The van der Waals surface area contributed by atoms with E-state index < -0.39 is 0 Å². The van der Waals surface area contributed by atoms with Gasteiger partial charge in [-0.3, -0.25) is 0 Å². The number of nitrogens with two attached hydrogens (primary N) is 1. The Hall–Kier alpha value is -0.540. The molecule has 0 radical (unpaired) electrons. The van der Waals surface area contributed by atoms with Gasteiger partial charge in [-0.1, -0.05) is 22.4 Å². The van der Waals surface area contributed by atoms with Crippen molar-refractivity contribution in [2.24, 2.45) is 11.7 Å². The lowest BCUT2D eigenvalue weighted by atomic mass is 9.86. The summed E-state index contributed by atoms with van der Waals surface area (Å²) in [7, 11) is 0. The molecule has 0 amide bonds. The molecule has 0 aliphatic heterocycles. The summed E-state index contributed by atoms with van der Waals surface area (Å²) in [5, 5.41) is 3.49. The fraction of sp³-hybridized carbons (Fsp3) is 0.538. The molecule has 1 aromatic rings. The average Bonchev–Trinajstić information content (AvgIpc) is 2.28. The van der Waals surface area contributed by atoms with E-state index in [9.17, 15) is 0 Å². The predicted molar refractivity (Wildman–Crippen MR) is 72.6 cm³/mol. The van der Waals surface area contributed by atoms with Crippen molar-refractivity contribution < 1.29 is 0 Å². The molecule has 3 heteroatoms. The number of hydrogen-bond acceptors (Lipinski definition) is 2. The largest absolute Gasteiger partial charge is 0.385 e. The molecule has 16 heavy (non-hydrogen) atoms. The monoisotopic (exact) mass is 282 g/mol. The molecule has 0 heterocycles. The highest BCUT2D eigenvalue weighted by atomic mass is 79.9. The molecule has 2 atom stereocenters. The summed E-state index contributed by atoms with van der Waals surface area (Å²) in [5.41, 5.74) is 7.18. The highest BCUT2D eigenvalue weighted by Crippen LogP contribution is 2.23. The molecule has 1 aliphatic rings. The molecular formula is C13H19BrN2. The van der Waals surface area contributed by atoms with Crippen LogP contribution in [0.3, 0.4) is 0 Å². The van der Waals surface area contributed by atoms with Crippen molar-refractivity contribution >= 4 is 21.6 Å². The molecule has 1 aliphatic carbocycles. The van der Waals surface area contributed by atoms with Crippen LogP contribution in [-0.2, 0) is 0 Å². The molecule has 2 rings (SSSR count). The normalized spacial score (nSPS) is 25.4. The molecule has 3 N–H and O–H groups in total. The van der Waals surface area contributed by atoms with E-state index in [1.165, 1.54) is 31.4 Å². The zero-order chi connectivity index (χ0) is 11.4. The molecule has 0 bridgehead atoms. The van der Waals surface area contributed by atoms with E-state index in [0.29, 0.717) is 6.04 Å². The zero-order valence-electron chi connectivity index (χ0n) is 9.45. The number of anilines is 1. The summed E-state index contributed by atoms with van der Waals surface area (Å²) in [6.07, 6.45) is 4.98. The number of nitrogens with one attached hydrogen (secondary N) is 1. The van der Waals surface area contributed by atoms with Crippen molar-refractivity contribution in [3.8, 4) is 0 Å². The maximum absolute atomic E-state index is 5.98. The van der Waals surface area contributed by atoms with Gasteiger partial charge in [0, 0.05) is 22.7 Å². The van der Waals surface area contributed by atoms with Crippen molar-refractivity contribution in [2.75, 3.05) is 11.9 Å². The Kier molecular flexibility index (Phi) is 4.24. The topological polar surface area (TPSA) is 38.0 Å². The van der Waals surface area contributed by atoms with Gasteiger partial charge < -0.3 is 11.1 Å². The lowest BCUT2D eigenvalue weighted by molar-refractivity contribution is 0.335. The minimum absolute atomic E-state index is 0.422. The smallest absolute Gasteiger partial charge is 0.0341 e. The van der Waals surface area contributed by atoms with Crippen molar-refractivity contribution in [1.29, 1.82) is 0 Å². The van der Waals surface area contributed by atoms with Gasteiger partial charge in [0.05, 0.1) is 0 Å². The Bertz CT molecular complexity index is 323. The van der Waals surface area contributed by atoms with Crippen molar-refractivity contribution in [1.82, 2.24) is 0 Å². The van der Waals surface area contributed by atoms with E-state index in [0.717, 1.165) is 16.9 Å². The van der Waals surface area contributed by atoms with Crippen LogP contribution in [0.25, 0.3) is 0 Å². The van der Waals surface area contributed by atoms with E-state index in [1.807, 2.05) is 0 Å². The third-order valence-electron chi connectivity index (χ3n) is 3.26. The molecule has 1 saturated carbocycles. The van der Waals surface area contributed by atoms with Crippen LogP contribution in [-0.4, -0.2) is 12.6 Å². The minimum Gasteiger partial charge on any atom is -0.385 e. The second-order valence-electron chi connectivity index (χ2n) is 4.68. The zero-order valence-corrected chi connectivity index (χ0v) is 11.0. The molecular weight excluding hydrogens is 264 g/mol. The maximum atomic E-state index is 5.98. The Balaban J connectivity index is 1.80. The molecule has 88 valence electrons. The highest BCUT2D eigenvalue weighted by Gasteiger charge is 2.18. The fourth-order valence-electron chi connectivity index (χ4n) is 2.35. The van der Waals surface area contributed by atoms with E-state index in [2.05, 4.69) is 45.5 Å². The molecule has 0 aromatic heterocycles. The molecule has 2 nitrogen and oxygen atoms in total. The first kappa shape index (κ1) is 11.9. The van der Waals surface area contributed by atoms with Gasteiger partial charge in [0.1, 0.15) is 0 Å². The summed E-state index contributed by atoms with van der Waals surface area (Å²) in [4.78, 5) is 0.